The number of anilines is 2. The second kappa shape index (κ2) is 8.85. The van der Waals surface area contributed by atoms with Crippen molar-refractivity contribution in [3.63, 3.8) is 0 Å². The smallest absolute Gasteiger partial charge is 0.416 e. The number of hydrogen-bond acceptors (Lipinski definition) is 3. The summed E-state index contributed by atoms with van der Waals surface area (Å²) in [6.45, 7) is 0. The van der Waals surface area contributed by atoms with Gasteiger partial charge in [-0.15, -0.1) is 0 Å². The Kier molecular flexibility index (Phi) is 6.43. The molecule has 0 aliphatic carbocycles. The molecule has 2 N–H and O–H groups in total. The molecule has 0 saturated carbocycles. The number of halogens is 5. The SMILES string of the molecule is O=C(O)Cc1ccc(Oc2ccc(C(F)(F)F)cc2)cc1Nc1c(Cl)cccc1Cl. The van der Waals surface area contributed by atoms with Crippen LogP contribution >= 0.6 is 23.2 Å². The standard InChI is InChI=1S/C21H14Cl2F3NO3/c22-16-2-1-3-17(23)20(16)27-18-11-15(7-4-12(18)10-19(28)29)30-14-8-5-13(6-9-14)21(24,25)26/h1-9,11,27H,10H2,(H,28,29). The van der Waals surface area contributed by atoms with E-state index in [0.29, 0.717) is 27.0 Å². The lowest BCUT2D eigenvalue weighted by atomic mass is 10.1. The predicted molar refractivity (Wildman–Crippen MR) is 109 cm³/mol. The van der Waals surface area contributed by atoms with Gasteiger partial charge in [-0.05, 0) is 48.0 Å². The van der Waals surface area contributed by atoms with Crippen molar-refractivity contribution >= 4 is 40.5 Å². The average molecular weight is 456 g/mol. The van der Waals surface area contributed by atoms with Gasteiger partial charge in [0.25, 0.3) is 0 Å². The minimum Gasteiger partial charge on any atom is -0.481 e. The zero-order valence-electron chi connectivity index (χ0n) is 15.1. The summed E-state index contributed by atoms with van der Waals surface area (Å²) in [7, 11) is 0. The van der Waals surface area contributed by atoms with Gasteiger partial charge in [-0.2, -0.15) is 13.2 Å². The molecule has 0 unspecified atom stereocenters. The summed E-state index contributed by atoms with van der Waals surface area (Å²) in [6.07, 6.45) is -4.71. The number of hydrogen-bond donors (Lipinski definition) is 2. The second-order valence-electron chi connectivity index (χ2n) is 6.24. The van der Waals surface area contributed by atoms with Gasteiger partial charge in [0.05, 0.1) is 27.7 Å². The van der Waals surface area contributed by atoms with Gasteiger partial charge in [-0.25, -0.2) is 0 Å². The number of aliphatic carboxylic acids is 1. The van der Waals surface area contributed by atoms with Crippen LogP contribution in [0.1, 0.15) is 11.1 Å². The lowest BCUT2D eigenvalue weighted by molar-refractivity contribution is -0.138. The first-order valence-electron chi connectivity index (χ1n) is 8.54. The molecule has 0 atom stereocenters. The number of rotatable bonds is 6. The Labute approximate surface area is 179 Å². The molecule has 0 spiro atoms. The van der Waals surface area contributed by atoms with Crippen molar-refractivity contribution in [2.24, 2.45) is 0 Å². The lowest BCUT2D eigenvalue weighted by Gasteiger charge is -2.16. The molecule has 0 radical (unpaired) electrons. The largest absolute Gasteiger partial charge is 0.481 e. The number of carboxylic acid groups (broad SMARTS) is 1. The monoisotopic (exact) mass is 455 g/mol. The van der Waals surface area contributed by atoms with E-state index in [9.17, 15) is 18.0 Å². The number of nitrogens with one attached hydrogen (secondary N) is 1. The van der Waals surface area contributed by atoms with E-state index in [0.717, 1.165) is 12.1 Å². The first-order valence-corrected chi connectivity index (χ1v) is 9.30. The average Bonchev–Trinajstić information content (AvgIpc) is 2.66. The fourth-order valence-electron chi connectivity index (χ4n) is 2.65. The lowest BCUT2D eigenvalue weighted by Crippen LogP contribution is -2.05. The maximum Gasteiger partial charge on any atom is 0.416 e. The van der Waals surface area contributed by atoms with Gasteiger partial charge in [0.1, 0.15) is 11.5 Å². The molecule has 0 aromatic heterocycles. The molecule has 0 aliphatic heterocycles. The van der Waals surface area contributed by atoms with Crippen molar-refractivity contribution in [2.45, 2.75) is 12.6 Å². The van der Waals surface area contributed by atoms with Crippen LogP contribution in [0.3, 0.4) is 0 Å². The summed E-state index contributed by atoms with van der Waals surface area (Å²) in [6, 6.07) is 13.7. The first kappa shape index (κ1) is 21.8. The minimum atomic E-state index is -4.44. The summed E-state index contributed by atoms with van der Waals surface area (Å²) in [5.74, 6) is -0.565. The van der Waals surface area contributed by atoms with Crippen LogP contribution < -0.4 is 10.1 Å². The molecule has 0 aliphatic rings. The van der Waals surface area contributed by atoms with Crippen molar-refractivity contribution in [1.82, 2.24) is 0 Å². The number of ether oxygens (including phenoxy) is 1. The van der Waals surface area contributed by atoms with Gasteiger partial charge >= 0.3 is 12.1 Å². The third-order valence-electron chi connectivity index (χ3n) is 4.06. The highest BCUT2D eigenvalue weighted by atomic mass is 35.5. The molecule has 156 valence electrons. The number of alkyl halides is 3. The maximum atomic E-state index is 12.7. The topological polar surface area (TPSA) is 58.6 Å². The van der Waals surface area contributed by atoms with E-state index in [1.54, 1.807) is 24.3 Å². The summed E-state index contributed by atoms with van der Waals surface area (Å²) < 4.78 is 43.7. The Balaban J connectivity index is 1.91. The highest BCUT2D eigenvalue weighted by Gasteiger charge is 2.30. The van der Waals surface area contributed by atoms with Crippen molar-refractivity contribution in [3.8, 4) is 11.5 Å². The van der Waals surface area contributed by atoms with Crippen molar-refractivity contribution < 1.29 is 27.8 Å². The summed E-state index contributed by atoms with van der Waals surface area (Å²) >= 11 is 12.3. The Morgan fingerprint density at radius 3 is 2.13 bits per heavy atom. The molecule has 0 fully saturated rings. The zero-order chi connectivity index (χ0) is 21.9. The van der Waals surface area contributed by atoms with Crippen LogP contribution in [-0.2, 0) is 17.4 Å². The van der Waals surface area contributed by atoms with Crippen LogP contribution in [0.25, 0.3) is 0 Å². The second-order valence-corrected chi connectivity index (χ2v) is 7.05. The van der Waals surface area contributed by atoms with Gasteiger partial charge < -0.3 is 15.2 Å². The number of benzene rings is 3. The fourth-order valence-corrected chi connectivity index (χ4v) is 3.14. The highest BCUT2D eigenvalue weighted by molar-refractivity contribution is 6.39. The van der Waals surface area contributed by atoms with Crippen molar-refractivity contribution in [3.05, 3.63) is 81.8 Å². The molecule has 3 aromatic rings. The summed E-state index contributed by atoms with van der Waals surface area (Å²) in [5, 5.41) is 12.8. The normalized spacial score (nSPS) is 11.2. The quantitative estimate of drug-likeness (QED) is 0.413. The summed E-state index contributed by atoms with van der Waals surface area (Å²) in [4.78, 5) is 11.2. The van der Waals surface area contributed by atoms with Crippen molar-refractivity contribution in [2.75, 3.05) is 5.32 Å². The molecule has 3 aromatic carbocycles. The predicted octanol–water partition coefficient (Wildman–Crippen LogP) is 7.18. The highest BCUT2D eigenvalue weighted by Crippen LogP contribution is 2.36. The molecule has 0 saturated heterocycles. The van der Waals surface area contributed by atoms with Gasteiger partial charge in [0, 0.05) is 11.8 Å². The van der Waals surface area contributed by atoms with Gasteiger partial charge in [-0.3, -0.25) is 4.79 Å². The molecule has 30 heavy (non-hydrogen) atoms. The van der Waals surface area contributed by atoms with Gasteiger partial charge in [-0.1, -0.05) is 35.3 Å². The fraction of sp³-hybridized carbons (Fsp3) is 0.0952. The van der Waals surface area contributed by atoms with Crippen LogP contribution in [0.15, 0.2) is 60.7 Å². The number of carbonyl (C=O) groups is 1. The van der Waals surface area contributed by atoms with Crippen LogP contribution in [0.2, 0.25) is 10.0 Å². The Morgan fingerprint density at radius 2 is 1.57 bits per heavy atom. The third kappa shape index (κ3) is 5.37. The minimum absolute atomic E-state index is 0.190. The third-order valence-corrected chi connectivity index (χ3v) is 4.69. The molecule has 0 amide bonds. The van der Waals surface area contributed by atoms with Crippen LogP contribution in [-0.4, -0.2) is 11.1 Å². The molecule has 0 heterocycles. The van der Waals surface area contributed by atoms with Crippen LogP contribution in [0.4, 0.5) is 24.5 Å². The van der Waals surface area contributed by atoms with E-state index in [4.69, 9.17) is 33.0 Å². The maximum absolute atomic E-state index is 12.7. The van der Waals surface area contributed by atoms with Gasteiger partial charge in [0.15, 0.2) is 0 Å². The Morgan fingerprint density at radius 1 is 0.967 bits per heavy atom. The number of carboxylic acids is 1. The van der Waals surface area contributed by atoms with E-state index in [1.807, 2.05) is 0 Å². The first-order chi connectivity index (χ1) is 14.1. The van der Waals surface area contributed by atoms with E-state index in [1.165, 1.54) is 24.3 Å². The molecule has 0 bridgehead atoms. The molecular formula is C21H14Cl2F3NO3. The molecule has 3 rings (SSSR count). The van der Waals surface area contributed by atoms with Gasteiger partial charge in [0.2, 0.25) is 0 Å². The molecule has 9 heteroatoms. The Hall–Kier alpha value is -2.90. The molecular weight excluding hydrogens is 442 g/mol. The Bertz CT molecular complexity index is 1050. The van der Waals surface area contributed by atoms with Crippen LogP contribution in [0.5, 0.6) is 11.5 Å². The van der Waals surface area contributed by atoms with E-state index < -0.39 is 17.7 Å². The molecule has 4 nitrogen and oxygen atoms in total. The number of para-hydroxylation sites is 1. The van der Waals surface area contributed by atoms with E-state index in [2.05, 4.69) is 5.32 Å². The van der Waals surface area contributed by atoms with E-state index in [-0.39, 0.29) is 17.9 Å². The van der Waals surface area contributed by atoms with Crippen LogP contribution in [0, 0.1) is 0 Å². The van der Waals surface area contributed by atoms with Crippen molar-refractivity contribution in [1.29, 1.82) is 0 Å². The summed E-state index contributed by atoms with van der Waals surface area (Å²) in [5.41, 5.74) is 0.427. The zero-order valence-corrected chi connectivity index (χ0v) is 16.6. The van der Waals surface area contributed by atoms with E-state index >= 15 is 0 Å².